The van der Waals surface area contributed by atoms with E-state index in [1.54, 1.807) is 0 Å². The number of aliphatic carboxylic acids is 1. The topological polar surface area (TPSA) is 109 Å². The summed E-state index contributed by atoms with van der Waals surface area (Å²) in [6.45, 7) is 14.8. The van der Waals surface area contributed by atoms with Crippen molar-refractivity contribution >= 4 is 5.97 Å². The summed E-state index contributed by atoms with van der Waals surface area (Å²) in [4.78, 5) is 10.4. The lowest BCUT2D eigenvalue weighted by molar-refractivity contribution is -0.137. The Hall–Kier alpha value is -0.770. The van der Waals surface area contributed by atoms with E-state index in [1.165, 1.54) is 38.5 Å². The molecule has 0 amide bonds. The minimum Gasteiger partial charge on any atom is -0.481 e. The van der Waals surface area contributed by atoms with Crippen LogP contribution in [0.15, 0.2) is 0 Å². The average molecular weight is 445 g/mol. The fraction of sp³-hybridized carbons (Fsp3) is 0.957. The molecule has 0 aromatic rings. The number of rotatable bonds is 27. The molecule has 0 rings (SSSR count). The number of carbonyl (C=O) groups is 1. The Bertz CT molecular complexity index is 361. The summed E-state index contributed by atoms with van der Waals surface area (Å²) in [5, 5.41) is 29.2. The molecule has 0 saturated carbocycles. The normalized spacial score (nSPS) is 11.3. The van der Waals surface area contributed by atoms with E-state index in [9.17, 15) is 4.79 Å². The van der Waals surface area contributed by atoms with Crippen LogP contribution in [0, 0.1) is 0 Å². The Kier molecular flexibility index (Phi) is 26.6. The largest absolute Gasteiger partial charge is 0.481 e. The van der Waals surface area contributed by atoms with Crippen molar-refractivity contribution in [2.45, 2.75) is 64.7 Å². The highest BCUT2D eigenvalue weighted by atomic mass is 16.4. The number of likely N-dealkylation sites (N-methyl/N-ethyl adjacent to an activating group) is 1. The van der Waals surface area contributed by atoms with Gasteiger partial charge in [-0.05, 0) is 77.8 Å². The van der Waals surface area contributed by atoms with Gasteiger partial charge in [0.1, 0.15) is 0 Å². The van der Waals surface area contributed by atoms with Gasteiger partial charge in [0.2, 0.25) is 0 Å². The second kappa shape index (κ2) is 27.3. The van der Waals surface area contributed by atoms with E-state index in [-0.39, 0.29) is 6.42 Å². The van der Waals surface area contributed by atoms with Gasteiger partial charge in [-0.2, -0.15) is 0 Å². The Morgan fingerprint density at radius 1 is 0.484 bits per heavy atom. The predicted octanol–water partition coefficient (Wildman–Crippen LogP) is 1.14. The highest BCUT2D eigenvalue weighted by Crippen LogP contribution is 1.95. The Morgan fingerprint density at radius 2 is 0.806 bits per heavy atom. The number of nitrogens with one attached hydrogen (secondary N) is 6. The molecule has 0 fully saturated rings. The Balaban J connectivity index is 3.00. The minimum atomic E-state index is -0.694. The molecule has 0 spiro atoms. The third-order valence-electron chi connectivity index (χ3n) is 5.09. The van der Waals surface area contributed by atoms with E-state index in [0.717, 1.165) is 91.4 Å². The third kappa shape index (κ3) is 29.2. The fourth-order valence-corrected chi connectivity index (χ4v) is 3.21. The molecule has 31 heavy (non-hydrogen) atoms. The summed E-state index contributed by atoms with van der Waals surface area (Å²) in [5.41, 5.74) is 0. The van der Waals surface area contributed by atoms with E-state index >= 15 is 0 Å². The van der Waals surface area contributed by atoms with Crippen LogP contribution in [0.25, 0.3) is 0 Å². The molecule has 0 aliphatic carbocycles. The zero-order valence-corrected chi connectivity index (χ0v) is 20.2. The first-order valence-electron chi connectivity index (χ1n) is 12.7. The molecule has 0 aromatic carbocycles. The molecule has 7 N–H and O–H groups in total. The van der Waals surface area contributed by atoms with E-state index in [0.29, 0.717) is 0 Å². The van der Waals surface area contributed by atoms with Crippen LogP contribution >= 0.6 is 0 Å². The zero-order valence-electron chi connectivity index (χ0n) is 20.2. The SMILES string of the molecule is CCNCCNCCCCCNCCNCCNCCCCCNCCCCC(=O)O. The summed E-state index contributed by atoms with van der Waals surface area (Å²) < 4.78 is 0. The van der Waals surface area contributed by atoms with Crippen molar-refractivity contribution in [3.63, 3.8) is 0 Å². The van der Waals surface area contributed by atoms with Crippen molar-refractivity contribution in [3.8, 4) is 0 Å². The van der Waals surface area contributed by atoms with Gasteiger partial charge in [-0.1, -0.05) is 19.8 Å². The first-order chi connectivity index (χ1) is 15.3. The Morgan fingerprint density at radius 3 is 1.19 bits per heavy atom. The molecule has 186 valence electrons. The van der Waals surface area contributed by atoms with Crippen molar-refractivity contribution < 1.29 is 9.90 Å². The molecule has 0 aliphatic heterocycles. The van der Waals surface area contributed by atoms with Crippen molar-refractivity contribution in [1.29, 1.82) is 0 Å². The summed E-state index contributed by atoms with van der Waals surface area (Å²) >= 11 is 0. The molecule has 0 heterocycles. The molecule has 8 nitrogen and oxygen atoms in total. The van der Waals surface area contributed by atoms with E-state index < -0.39 is 5.97 Å². The van der Waals surface area contributed by atoms with Gasteiger partial charge in [-0.25, -0.2) is 0 Å². The second-order valence-corrected chi connectivity index (χ2v) is 8.08. The molecule has 8 heteroatoms. The molecule has 0 radical (unpaired) electrons. The Labute approximate surface area is 191 Å². The van der Waals surface area contributed by atoms with Crippen LogP contribution in [0.4, 0.5) is 0 Å². The summed E-state index contributed by atoms with van der Waals surface area (Å²) in [7, 11) is 0. The van der Waals surface area contributed by atoms with Gasteiger partial charge in [0.25, 0.3) is 0 Å². The lowest BCUT2D eigenvalue weighted by atomic mass is 10.2. The fourth-order valence-electron chi connectivity index (χ4n) is 3.21. The highest BCUT2D eigenvalue weighted by Gasteiger charge is 1.96. The summed E-state index contributed by atoms with van der Waals surface area (Å²) in [5.74, 6) is -0.694. The lowest BCUT2D eigenvalue weighted by Gasteiger charge is -2.08. The van der Waals surface area contributed by atoms with Crippen molar-refractivity contribution in [1.82, 2.24) is 31.9 Å². The van der Waals surface area contributed by atoms with Crippen LogP contribution in [0.2, 0.25) is 0 Å². The van der Waals surface area contributed by atoms with Gasteiger partial charge in [-0.3, -0.25) is 4.79 Å². The molecule has 0 unspecified atom stereocenters. The molecule has 0 bridgehead atoms. The van der Waals surface area contributed by atoms with Gasteiger partial charge in [0.05, 0.1) is 0 Å². The maximum absolute atomic E-state index is 10.4. The summed E-state index contributed by atoms with van der Waals surface area (Å²) in [6.07, 6.45) is 9.47. The highest BCUT2D eigenvalue weighted by molar-refractivity contribution is 5.66. The number of hydrogen-bond donors (Lipinski definition) is 7. The van der Waals surface area contributed by atoms with Crippen LogP contribution in [-0.4, -0.2) is 89.6 Å². The van der Waals surface area contributed by atoms with Gasteiger partial charge in [0, 0.05) is 45.7 Å². The van der Waals surface area contributed by atoms with Crippen molar-refractivity contribution in [2.75, 3.05) is 78.5 Å². The number of hydrogen-bond acceptors (Lipinski definition) is 7. The van der Waals surface area contributed by atoms with Gasteiger partial charge < -0.3 is 37.0 Å². The first-order valence-corrected chi connectivity index (χ1v) is 12.7. The van der Waals surface area contributed by atoms with Crippen LogP contribution in [-0.2, 0) is 4.79 Å². The maximum Gasteiger partial charge on any atom is 0.303 e. The second-order valence-electron chi connectivity index (χ2n) is 8.08. The van der Waals surface area contributed by atoms with Gasteiger partial charge in [-0.15, -0.1) is 0 Å². The smallest absolute Gasteiger partial charge is 0.303 e. The zero-order chi connectivity index (χ0) is 22.7. The predicted molar refractivity (Wildman–Crippen MR) is 132 cm³/mol. The quantitative estimate of drug-likeness (QED) is 0.0945. The minimum absolute atomic E-state index is 0.286. The first kappa shape index (κ1) is 30.2. The number of unbranched alkanes of at least 4 members (excludes halogenated alkanes) is 5. The van der Waals surface area contributed by atoms with Crippen LogP contribution < -0.4 is 31.9 Å². The van der Waals surface area contributed by atoms with Gasteiger partial charge >= 0.3 is 5.97 Å². The van der Waals surface area contributed by atoms with Crippen LogP contribution in [0.3, 0.4) is 0 Å². The average Bonchev–Trinajstić information content (AvgIpc) is 2.76. The molecule has 0 atom stereocenters. The van der Waals surface area contributed by atoms with Crippen LogP contribution in [0.1, 0.15) is 64.7 Å². The molecule has 0 aliphatic rings. The molecule has 0 aromatic heterocycles. The maximum atomic E-state index is 10.4. The monoisotopic (exact) mass is 444 g/mol. The van der Waals surface area contributed by atoms with E-state index in [2.05, 4.69) is 38.8 Å². The molecular weight excluding hydrogens is 392 g/mol. The number of carboxylic acid groups (broad SMARTS) is 1. The number of carboxylic acids is 1. The lowest BCUT2D eigenvalue weighted by Crippen LogP contribution is -2.33. The van der Waals surface area contributed by atoms with Gasteiger partial charge in [0.15, 0.2) is 0 Å². The van der Waals surface area contributed by atoms with Crippen LogP contribution in [0.5, 0.6) is 0 Å². The van der Waals surface area contributed by atoms with Crippen molar-refractivity contribution in [2.24, 2.45) is 0 Å². The standard InChI is InChI=1S/C23H52N6O2/c1-2-24-17-18-26-13-8-4-9-15-28-20-22-29-21-19-27-14-7-3-6-12-25-16-10-5-11-23(30)31/h24-29H,2-22H2,1H3,(H,30,31). The molecule has 0 saturated heterocycles. The van der Waals surface area contributed by atoms with Crippen molar-refractivity contribution in [3.05, 3.63) is 0 Å². The molecular formula is C23H52N6O2. The third-order valence-corrected chi connectivity index (χ3v) is 5.09. The summed E-state index contributed by atoms with van der Waals surface area (Å²) in [6, 6.07) is 0. The van der Waals surface area contributed by atoms with E-state index in [4.69, 9.17) is 5.11 Å². The van der Waals surface area contributed by atoms with E-state index in [1.807, 2.05) is 0 Å².